The number of rotatable bonds is 9. The van der Waals surface area contributed by atoms with Crippen LogP contribution < -0.4 is 15.8 Å². The van der Waals surface area contributed by atoms with E-state index in [1.54, 1.807) is 7.11 Å². The van der Waals surface area contributed by atoms with E-state index in [1.807, 2.05) is 57.2 Å². The average molecular weight is 428 g/mol. The molecule has 0 fully saturated rings. The van der Waals surface area contributed by atoms with E-state index in [0.29, 0.717) is 23.9 Å². The fraction of sp³-hybridized carbons (Fsp3) is 0.348. The first-order valence-electron chi connectivity index (χ1n) is 9.92. The molecule has 3 aromatic rings. The summed E-state index contributed by atoms with van der Waals surface area (Å²) in [6.45, 7) is 7.61. The molecule has 1 aromatic heterocycles. The number of aromatic nitrogens is 1. The first-order valence-corrected chi connectivity index (χ1v) is 10.7. The van der Waals surface area contributed by atoms with E-state index in [4.69, 9.17) is 15.2 Å². The Labute approximate surface area is 181 Å². The number of nitrogens with two attached hydrogens (primary N) is 1. The second kappa shape index (κ2) is 9.93. The van der Waals surface area contributed by atoms with Crippen LogP contribution in [-0.4, -0.2) is 23.7 Å². The number of anilines is 2. The summed E-state index contributed by atoms with van der Waals surface area (Å²) < 4.78 is 11.0. The van der Waals surface area contributed by atoms with Crippen LogP contribution in [0.25, 0.3) is 0 Å². The number of aliphatic hydroxyl groups is 1. The number of aliphatic hydroxyl groups excluding tert-OH is 1. The molecule has 1 heterocycles. The van der Waals surface area contributed by atoms with Gasteiger partial charge >= 0.3 is 0 Å². The number of aryl methyl sites for hydroxylation is 1. The van der Waals surface area contributed by atoms with E-state index in [0.717, 1.165) is 45.2 Å². The molecular weight excluding hydrogens is 398 g/mol. The predicted octanol–water partition coefficient (Wildman–Crippen LogP) is 4.58. The summed E-state index contributed by atoms with van der Waals surface area (Å²) in [5.41, 5.74) is 11.3. The van der Waals surface area contributed by atoms with Gasteiger partial charge in [-0.05, 0) is 55.7 Å². The standard InChI is InChI=1S/C23H29N3O3S/c1-5-25-19-11-10-18(14(2)21(19)24)22(27)23-26-20(15(3)30-23)13-29-12-16-6-8-17(28-4)9-7-16/h6-11,22,25,27H,5,12-13,24H2,1-4H3. The molecule has 1 unspecified atom stereocenters. The number of benzene rings is 2. The van der Waals surface area contributed by atoms with Gasteiger partial charge in [-0.25, -0.2) is 4.98 Å². The first-order chi connectivity index (χ1) is 14.4. The first kappa shape index (κ1) is 22.1. The Balaban J connectivity index is 1.68. The number of thiazole rings is 1. The third-order valence-electron chi connectivity index (χ3n) is 5.03. The van der Waals surface area contributed by atoms with Crippen LogP contribution in [0.15, 0.2) is 36.4 Å². The van der Waals surface area contributed by atoms with Crippen molar-refractivity contribution in [2.75, 3.05) is 24.7 Å². The molecular formula is C23H29N3O3S. The van der Waals surface area contributed by atoms with Crippen molar-refractivity contribution in [2.24, 2.45) is 0 Å². The van der Waals surface area contributed by atoms with E-state index >= 15 is 0 Å². The Morgan fingerprint density at radius 2 is 1.87 bits per heavy atom. The van der Waals surface area contributed by atoms with E-state index < -0.39 is 6.10 Å². The number of nitrogens with zero attached hydrogens (tertiary/aromatic N) is 1. The number of hydrogen-bond donors (Lipinski definition) is 3. The van der Waals surface area contributed by atoms with Crippen LogP contribution in [0.3, 0.4) is 0 Å². The average Bonchev–Trinajstić information content (AvgIpc) is 3.12. The zero-order chi connectivity index (χ0) is 21.7. The van der Waals surface area contributed by atoms with Gasteiger partial charge in [0.2, 0.25) is 0 Å². The van der Waals surface area contributed by atoms with Gasteiger partial charge in [-0.3, -0.25) is 0 Å². The van der Waals surface area contributed by atoms with Crippen molar-refractivity contribution < 1.29 is 14.6 Å². The van der Waals surface area contributed by atoms with Crippen molar-refractivity contribution in [1.82, 2.24) is 4.98 Å². The third-order valence-corrected chi connectivity index (χ3v) is 6.09. The molecule has 2 aromatic carbocycles. The molecule has 0 spiro atoms. The van der Waals surface area contributed by atoms with Crippen molar-refractivity contribution >= 4 is 22.7 Å². The third kappa shape index (κ3) is 4.92. The van der Waals surface area contributed by atoms with Crippen molar-refractivity contribution in [3.63, 3.8) is 0 Å². The van der Waals surface area contributed by atoms with Gasteiger partial charge in [0.15, 0.2) is 0 Å². The summed E-state index contributed by atoms with van der Waals surface area (Å²) in [6, 6.07) is 11.6. The Morgan fingerprint density at radius 1 is 1.13 bits per heavy atom. The lowest BCUT2D eigenvalue weighted by Gasteiger charge is -2.16. The fourth-order valence-corrected chi connectivity index (χ4v) is 4.14. The van der Waals surface area contributed by atoms with Crippen LogP contribution in [0.5, 0.6) is 5.75 Å². The van der Waals surface area contributed by atoms with Crippen molar-refractivity contribution in [1.29, 1.82) is 0 Å². The van der Waals surface area contributed by atoms with Gasteiger partial charge in [-0.15, -0.1) is 11.3 Å². The molecule has 0 amide bonds. The van der Waals surface area contributed by atoms with Crippen LogP contribution in [0, 0.1) is 13.8 Å². The molecule has 7 heteroatoms. The zero-order valence-electron chi connectivity index (χ0n) is 17.9. The van der Waals surface area contributed by atoms with Gasteiger partial charge < -0.3 is 25.6 Å². The molecule has 0 radical (unpaired) electrons. The van der Waals surface area contributed by atoms with Crippen molar-refractivity contribution in [3.05, 3.63) is 68.7 Å². The molecule has 160 valence electrons. The van der Waals surface area contributed by atoms with E-state index in [9.17, 15) is 5.11 Å². The summed E-state index contributed by atoms with van der Waals surface area (Å²) in [6.07, 6.45) is -0.818. The van der Waals surface area contributed by atoms with Gasteiger partial charge in [-0.1, -0.05) is 18.2 Å². The smallest absolute Gasteiger partial charge is 0.131 e. The van der Waals surface area contributed by atoms with Gasteiger partial charge in [0.1, 0.15) is 16.9 Å². The molecule has 4 N–H and O–H groups in total. The molecule has 0 bridgehead atoms. The predicted molar refractivity (Wildman–Crippen MR) is 122 cm³/mol. The van der Waals surface area contributed by atoms with Gasteiger partial charge in [0.25, 0.3) is 0 Å². The molecule has 0 aliphatic heterocycles. The van der Waals surface area contributed by atoms with Gasteiger partial charge in [0, 0.05) is 11.4 Å². The van der Waals surface area contributed by atoms with E-state index in [1.165, 1.54) is 11.3 Å². The second-order valence-corrected chi connectivity index (χ2v) is 8.30. The topological polar surface area (TPSA) is 89.6 Å². The SMILES string of the molecule is CCNc1ccc(C(O)c2nc(COCc3ccc(OC)cc3)c(C)s2)c(C)c1N. The maximum Gasteiger partial charge on any atom is 0.131 e. The molecule has 1 atom stereocenters. The highest BCUT2D eigenvalue weighted by molar-refractivity contribution is 7.11. The van der Waals surface area contributed by atoms with Crippen LogP contribution in [0.2, 0.25) is 0 Å². The molecule has 30 heavy (non-hydrogen) atoms. The Bertz CT molecular complexity index is 986. The number of nitrogens with one attached hydrogen (secondary N) is 1. The lowest BCUT2D eigenvalue weighted by molar-refractivity contribution is 0.104. The zero-order valence-corrected chi connectivity index (χ0v) is 18.7. The Morgan fingerprint density at radius 3 is 2.53 bits per heavy atom. The number of hydrogen-bond acceptors (Lipinski definition) is 7. The molecule has 6 nitrogen and oxygen atoms in total. The minimum atomic E-state index is -0.818. The number of ether oxygens (including phenoxy) is 2. The van der Waals surface area contributed by atoms with Crippen LogP contribution >= 0.6 is 11.3 Å². The minimum absolute atomic E-state index is 0.390. The molecule has 3 rings (SSSR count). The minimum Gasteiger partial charge on any atom is -0.497 e. The van der Waals surface area contributed by atoms with Crippen molar-refractivity contribution in [2.45, 2.75) is 40.1 Å². The largest absolute Gasteiger partial charge is 0.497 e. The van der Waals surface area contributed by atoms with E-state index in [2.05, 4.69) is 10.3 Å². The second-order valence-electron chi connectivity index (χ2n) is 7.07. The highest BCUT2D eigenvalue weighted by Gasteiger charge is 2.20. The lowest BCUT2D eigenvalue weighted by Crippen LogP contribution is -2.08. The summed E-state index contributed by atoms with van der Waals surface area (Å²) in [4.78, 5) is 5.68. The fourth-order valence-electron chi connectivity index (χ4n) is 3.21. The van der Waals surface area contributed by atoms with Crippen LogP contribution in [0.1, 0.15) is 45.3 Å². The molecule has 0 aliphatic carbocycles. The molecule has 0 aliphatic rings. The summed E-state index contributed by atoms with van der Waals surface area (Å²) in [7, 11) is 1.65. The van der Waals surface area contributed by atoms with Crippen LogP contribution in [-0.2, 0) is 18.0 Å². The summed E-state index contributed by atoms with van der Waals surface area (Å²) >= 11 is 1.48. The lowest BCUT2D eigenvalue weighted by atomic mass is 10.0. The number of nitrogen functional groups attached to an aromatic ring is 1. The normalized spacial score (nSPS) is 12.0. The van der Waals surface area contributed by atoms with Gasteiger partial charge in [-0.2, -0.15) is 0 Å². The highest BCUT2D eigenvalue weighted by atomic mass is 32.1. The van der Waals surface area contributed by atoms with Gasteiger partial charge in [0.05, 0.1) is 37.4 Å². The Hall–Kier alpha value is -2.61. The molecule has 0 saturated carbocycles. The van der Waals surface area contributed by atoms with E-state index in [-0.39, 0.29) is 0 Å². The van der Waals surface area contributed by atoms with Crippen LogP contribution in [0.4, 0.5) is 11.4 Å². The Kier molecular flexibility index (Phi) is 7.31. The summed E-state index contributed by atoms with van der Waals surface area (Å²) in [5, 5.41) is 14.8. The number of methoxy groups -OCH3 is 1. The van der Waals surface area contributed by atoms with Crippen molar-refractivity contribution in [3.8, 4) is 5.75 Å². The maximum absolute atomic E-state index is 10.9. The maximum atomic E-state index is 10.9. The molecule has 0 saturated heterocycles. The highest BCUT2D eigenvalue weighted by Crippen LogP contribution is 2.34. The summed E-state index contributed by atoms with van der Waals surface area (Å²) in [5.74, 6) is 0.821. The monoisotopic (exact) mass is 427 g/mol. The quantitative estimate of drug-likeness (QED) is 0.433.